The molecule has 0 aliphatic heterocycles. The molecule has 7 nitrogen and oxygen atoms in total. The number of oxazole rings is 1. The lowest BCUT2D eigenvalue weighted by atomic mass is 10.1. The van der Waals surface area contributed by atoms with Crippen molar-refractivity contribution in [3.8, 4) is 23.0 Å². The molecule has 3 rings (SSSR count). The van der Waals surface area contributed by atoms with E-state index in [9.17, 15) is 0 Å². The highest BCUT2D eigenvalue weighted by Gasteiger charge is 2.08. The summed E-state index contributed by atoms with van der Waals surface area (Å²) in [5.41, 5.74) is 4.00. The molecule has 0 spiro atoms. The molecule has 3 aromatic rings. The van der Waals surface area contributed by atoms with Gasteiger partial charge in [0.05, 0.1) is 32.5 Å². The molecule has 2 N–H and O–H groups in total. The maximum atomic E-state index is 5.63. The fourth-order valence-electron chi connectivity index (χ4n) is 2.99. The van der Waals surface area contributed by atoms with Crippen LogP contribution in [0.15, 0.2) is 58.1 Å². The van der Waals surface area contributed by atoms with E-state index >= 15 is 0 Å². The second kappa shape index (κ2) is 12.9. The molecule has 0 saturated heterocycles. The zero-order valence-electron chi connectivity index (χ0n) is 19.0. The number of benzene rings is 2. The van der Waals surface area contributed by atoms with E-state index in [0.717, 1.165) is 29.1 Å². The molecule has 0 aliphatic rings. The predicted octanol–water partition coefficient (Wildman–Crippen LogP) is 4.93. The Kier molecular flexibility index (Phi) is 10.3. The van der Waals surface area contributed by atoms with Gasteiger partial charge >= 0.3 is 0 Å². The molecule has 2 aromatic carbocycles. The number of ether oxygens (including phenoxy) is 2. The normalized spacial score (nSPS) is 10.9. The minimum Gasteiger partial charge on any atom is -0.493 e. The summed E-state index contributed by atoms with van der Waals surface area (Å²) >= 11 is 0. The number of nitrogens with one attached hydrogen (secondary N) is 2. The summed E-state index contributed by atoms with van der Waals surface area (Å²) in [5.74, 6) is 2.76. The molecule has 0 saturated carbocycles. The van der Waals surface area contributed by atoms with Crippen LogP contribution in [0.1, 0.15) is 30.7 Å². The number of guanidine groups is 1. The molecule has 0 bridgehead atoms. The molecule has 0 amide bonds. The lowest BCUT2D eigenvalue weighted by molar-refractivity contribution is 0.310. The SMILES string of the molecule is CCNC(=NCc1ccc(OCC)c(OC)c1)NCc1coc(-c2ccc(C)cc2)n1.I. The van der Waals surface area contributed by atoms with Crippen LogP contribution in [0.3, 0.4) is 0 Å². The predicted molar refractivity (Wildman–Crippen MR) is 138 cm³/mol. The third kappa shape index (κ3) is 7.15. The Hall–Kier alpha value is -2.75. The van der Waals surface area contributed by atoms with E-state index in [4.69, 9.17) is 13.9 Å². The van der Waals surface area contributed by atoms with Gasteiger partial charge in [-0.25, -0.2) is 9.98 Å². The number of rotatable bonds is 9. The highest BCUT2D eigenvalue weighted by molar-refractivity contribution is 14.0. The van der Waals surface area contributed by atoms with Crippen LogP contribution in [0.4, 0.5) is 0 Å². The van der Waals surface area contributed by atoms with Gasteiger partial charge < -0.3 is 24.5 Å². The number of aliphatic imine (C=N–C) groups is 1. The summed E-state index contributed by atoms with van der Waals surface area (Å²) in [6.07, 6.45) is 1.67. The average Bonchev–Trinajstić information content (AvgIpc) is 3.26. The van der Waals surface area contributed by atoms with Crippen molar-refractivity contribution in [2.45, 2.75) is 33.9 Å². The van der Waals surface area contributed by atoms with Gasteiger partial charge in [0.25, 0.3) is 0 Å². The number of methoxy groups -OCH3 is 1. The topological polar surface area (TPSA) is 80.9 Å². The van der Waals surface area contributed by atoms with Crippen LogP contribution in [0.5, 0.6) is 11.5 Å². The van der Waals surface area contributed by atoms with Gasteiger partial charge in [-0.1, -0.05) is 23.8 Å². The summed E-state index contributed by atoms with van der Waals surface area (Å²) in [5, 5.41) is 6.55. The quantitative estimate of drug-likeness (QED) is 0.224. The Balaban J connectivity index is 0.00000363. The fourth-order valence-corrected chi connectivity index (χ4v) is 2.99. The first kappa shape index (κ1) is 25.5. The lowest BCUT2D eigenvalue weighted by Crippen LogP contribution is -2.36. The zero-order chi connectivity index (χ0) is 22.1. The van der Waals surface area contributed by atoms with Crippen LogP contribution >= 0.6 is 24.0 Å². The number of nitrogens with zero attached hydrogens (tertiary/aromatic N) is 2. The zero-order valence-corrected chi connectivity index (χ0v) is 21.3. The molecule has 0 radical (unpaired) electrons. The smallest absolute Gasteiger partial charge is 0.226 e. The van der Waals surface area contributed by atoms with Crippen LogP contribution in [0, 0.1) is 6.92 Å². The van der Waals surface area contributed by atoms with Crippen molar-refractivity contribution in [2.75, 3.05) is 20.3 Å². The first-order valence-electron chi connectivity index (χ1n) is 10.5. The van der Waals surface area contributed by atoms with E-state index in [1.54, 1.807) is 13.4 Å². The van der Waals surface area contributed by atoms with Gasteiger partial charge in [0.1, 0.15) is 6.26 Å². The molecular weight excluding hydrogens is 519 g/mol. The van der Waals surface area contributed by atoms with Gasteiger partial charge in [-0.3, -0.25) is 0 Å². The third-order valence-corrected chi connectivity index (χ3v) is 4.58. The number of aryl methyl sites for hydroxylation is 1. The largest absolute Gasteiger partial charge is 0.493 e. The molecule has 1 heterocycles. The van der Waals surface area contributed by atoms with E-state index in [2.05, 4.69) is 27.5 Å². The second-order valence-corrected chi connectivity index (χ2v) is 6.98. The highest BCUT2D eigenvalue weighted by atomic mass is 127. The third-order valence-electron chi connectivity index (χ3n) is 4.58. The van der Waals surface area contributed by atoms with Crippen molar-refractivity contribution in [2.24, 2.45) is 4.99 Å². The standard InChI is InChI=1S/C24H30N4O3.HI/c1-5-25-24(26-14-18-9-12-21(30-6-2)22(13-18)29-4)27-15-20-16-31-23(28-20)19-10-7-17(3)8-11-19;/h7-13,16H,5-6,14-15H2,1-4H3,(H2,25,26,27);1H. The summed E-state index contributed by atoms with van der Waals surface area (Å²) < 4.78 is 16.6. The average molecular weight is 550 g/mol. The summed E-state index contributed by atoms with van der Waals surface area (Å²) in [6.45, 7) is 8.40. The van der Waals surface area contributed by atoms with Gasteiger partial charge in [-0.2, -0.15) is 0 Å². The molecule has 8 heteroatoms. The van der Waals surface area contributed by atoms with Crippen LogP contribution in [0.25, 0.3) is 11.5 Å². The van der Waals surface area contributed by atoms with Crippen molar-refractivity contribution in [1.29, 1.82) is 0 Å². The molecule has 0 atom stereocenters. The molecule has 0 unspecified atom stereocenters. The number of hydrogen-bond acceptors (Lipinski definition) is 5. The summed E-state index contributed by atoms with van der Waals surface area (Å²) in [4.78, 5) is 9.23. The van der Waals surface area contributed by atoms with Gasteiger partial charge in [0.15, 0.2) is 17.5 Å². The fraction of sp³-hybridized carbons (Fsp3) is 0.333. The highest BCUT2D eigenvalue weighted by Crippen LogP contribution is 2.28. The molecule has 1 aromatic heterocycles. The van der Waals surface area contributed by atoms with Crippen LogP contribution in [0.2, 0.25) is 0 Å². The number of hydrogen-bond donors (Lipinski definition) is 2. The van der Waals surface area contributed by atoms with Gasteiger partial charge in [0, 0.05) is 12.1 Å². The number of halogens is 1. The molecule has 172 valence electrons. The Labute approximate surface area is 206 Å². The molecular formula is C24H31IN4O3. The maximum absolute atomic E-state index is 5.63. The van der Waals surface area contributed by atoms with Crippen molar-refractivity contribution in [3.05, 3.63) is 65.5 Å². The lowest BCUT2D eigenvalue weighted by Gasteiger charge is -2.12. The Morgan fingerprint density at radius 1 is 1.06 bits per heavy atom. The number of aromatic nitrogens is 1. The van der Waals surface area contributed by atoms with Crippen molar-refractivity contribution >= 4 is 29.9 Å². The molecule has 0 fully saturated rings. The molecule has 32 heavy (non-hydrogen) atoms. The van der Waals surface area contributed by atoms with E-state index in [0.29, 0.717) is 37.3 Å². The Morgan fingerprint density at radius 3 is 2.53 bits per heavy atom. The van der Waals surface area contributed by atoms with Crippen LogP contribution < -0.4 is 20.1 Å². The Morgan fingerprint density at radius 2 is 1.84 bits per heavy atom. The minimum absolute atomic E-state index is 0. The van der Waals surface area contributed by atoms with E-state index in [1.807, 2.05) is 56.3 Å². The first-order valence-corrected chi connectivity index (χ1v) is 10.5. The van der Waals surface area contributed by atoms with E-state index in [-0.39, 0.29) is 24.0 Å². The van der Waals surface area contributed by atoms with E-state index < -0.39 is 0 Å². The second-order valence-electron chi connectivity index (χ2n) is 6.98. The Bertz CT molecular complexity index is 1000. The molecule has 0 aliphatic carbocycles. The monoisotopic (exact) mass is 550 g/mol. The van der Waals surface area contributed by atoms with Crippen LogP contribution in [-0.4, -0.2) is 31.2 Å². The van der Waals surface area contributed by atoms with Gasteiger partial charge in [-0.05, 0) is 50.6 Å². The van der Waals surface area contributed by atoms with Crippen molar-refractivity contribution < 1.29 is 13.9 Å². The minimum atomic E-state index is 0. The van der Waals surface area contributed by atoms with E-state index in [1.165, 1.54) is 5.56 Å². The maximum Gasteiger partial charge on any atom is 0.226 e. The summed E-state index contributed by atoms with van der Waals surface area (Å²) in [6, 6.07) is 14.0. The first-order chi connectivity index (χ1) is 15.1. The summed E-state index contributed by atoms with van der Waals surface area (Å²) in [7, 11) is 1.64. The van der Waals surface area contributed by atoms with Crippen molar-refractivity contribution in [3.63, 3.8) is 0 Å². The van der Waals surface area contributed by atoms with Gasteiger partial charge in [0.2, 0.25) is 5.89 Å². The van der Waals surface area contributed by atoms with Crippen LogP contribution in [-0.2, 0) is 13.1 Å². The van der Waals surface area contributed by atoms with Gasteiger partial charge in [-0.15, -0.1) is 24.0 Å². The van der Waals surface area contributed by atoms with Crippen molar-refractivity contribution in [1.82, 2.24) is 15.6 Å².